The Labute approximate surface area is 140 Å². The van der Waals surface area contributed by atoms with Crippen molar-refractivity contribution in [2.24, 2.45) is 0 Å². The van der Waals surface area contributed by atoms with E-state index in [9.17, 15) is 0 Å². The van der Waals surface area contributed by atoms with Gasteiger partial charge in [-0.25, -0.2) is 0 Å². The van der Waals surface area contributed by atoms with Crippen molar-refractivity contribution in [3.05, 3.63) is 30.2 Å². The van der Waals surface area contributed by atoms with Crippen LogP contribution in [0, 0.1) is 6.92 Å². The Bertz CT molecular complexity index is 899. The van der Waals surface area contributed by atoms with Gasteiger partial charge in [-0.15, -0.1) is 10.2 Å². The van der Waals surface area contributed by atoms with Crippen LogP contribution in [0.4, 0.5) is 0 Å². The van der Waals surface area contributed by atoms with Gasteiger partial charge in [-0.05, 0) is 46.1 Å². The monoisotopic (exact) mass is 326 g/mol. The summed E-state index contributed by atoms with van der Waals surface area (Å²) in [5, 5.41) is 12.4. The second kappa shape index (κ2) is 4.91. The largest absolute Gasteiger partial charge is 0.496 e. The molecule has 0 saturated carbocycles. The molecule has 4 heterocycles. The van der Waals surface area contributed by atoms with Gasteiger partial charge in [-0.3, -0.25) is 4.40 Å². The molecule has 3 aromatic rings. The van der Waals surface area contributed by atoms with Crippen molar-refractivity contribution in [3.8, 4) is 11.5 Å². The van der Waals surface area contributed by atoms with Crippen LogP contribution in [-0.4, -0.2) is 38.1 Å². The Morgan fingerprint density at radius 1 is 1.04 bits per heavy atom. The van der Waals surface area contributed by atoms with Crippen LogP contribution in [0.2, 0.25) is 0 Å². The molecule has 0 amide bonds. The van der Waals surface area contributed by atoms with Gasteiger partial charge in [0.1, 0.15) is 5.76 Å². The van der Waals surface area contributed by atoms with Crippen LogP contribution in [0.25, 0.3) is 17.2 Å². The van der Waals surface area contributed by atoms with E-state index in [0.717, 1.165) is 16.9 Å². The van der Waals surface area contributed by atoms with Crippen molar-refractivity contribution >= 4 is 18.2 Å². The highest BCUT2D eigenvalue weighted by molar-refractivity contribution is 6.62. The number of hydrogen-bond donors (Lipinski definition) is 0. The first-order chi connectivity index (χ1) is 11.3. The first-order valence-corrected chi connectivity index (χ1v) is 7.91. The fourth-order valence-electron chi connectivity index (χ4n) is 2.67. The number of aryl methyl sites for hydroxylation is 1. The summed E-state index contributed by atoms with van der Waals surface area (Å²) < 4.78 is 19.2. The molecule has 1 aliphatic heterocycles. The average molecular weight is 326 g/mol. The van der Waals surface area contributed by atoms with Crippen LogP contribution >= 0.6 is 0 Å². The molecular formula is C16H19BN4O3. The fraction of sp³-hybridized carbons (Fsp3) is 0.438. The number of fused-ring (bicyclic) bond motifs is 1. The third-order valence-corrected chi connectivity index (χ3v) is 4.81. The summed E-state index contributed by atoms with van der Waals surface area (Å²) in [7, 11) is -0.436. The molecule has 7 nitrogen and oxygen atoms in total. The summed E-state index contributed by atoms with van der Waals surface area (Å²) in [4.78, 5) is 0. The van der Waals surface area contributed by atoms with E-state index < -0.39 is 7.12 Å². The lowest BCUT2D eigenvalue weighted by molar-refractivity contribution is 0.00578. The van der Waals surface area contributed by atoms with Gasteiger partial charge in [0.2, 0.25) is 0 Å². The molecule has 8 heteroatoms. The van der Waals surface area contributed by atoms with Gasteiger partial charge in [0, 0.05) is 12.3 Å². The van der Waals surface area contributed by atoms with Crippen molar-refractivity contribution < 1.29 is 13.8 Å². The van der Waals surface area contributed by atoms with Gasteiger partial charge in [0.15, 0.2) is 17.2 Å². The van der Waals surface area contributed by atoms with Gasteiger partial charge in [-0.1, -0.05) is 11.2 Å². The Morgan fingerprint density at radius 3 is 2.38 bits per heavy atom. The summed E-state index contributed by atoms with van der Waals surface area (Å²) in [6, 6.07) is 5.67. The highest BCUT2D eigenvalue weighted by Crippen LogP contribution is 2.36. The Kier molecular flexibility index (Phi) is 3.14. The second-order valence-corrected chi connectivity index (χ2v) is 7.13. The van der Waals surface area contributed by atoms with Gasteiger partial charge in [-0.2, -0.15) is 0 Å². The molecule has 124 valence electrons. The van der Waals surface area contributed by atoms with Crippen LogP contribution in [0.5, 0.6) is 0 Å². The Morgan fingerprint density at radius 2 is 1.75 bits per heavy atom. The third-order valence-electron chi connectivity index (χ3n) is 4.81. The predicted octanol–water partition coefficient (Wildman–Crippen LogP) is 1.99. The number of rotatable bonds is 2. The quantitative estimate of drug-likeness (QED) is 0.671. The van der Waals surface area contributed by atoms with Crippen LogP contribution in [0.15, 0.2) is 28.9 Å². The molecule has 0 radical (unpaired) electrons. The molecule has 0 unspecified atom stereocenters. The molecule has 0 spiro atoms. The molecule has 3 aromatic heterocycles. The number of pyridine rings is 1. The molecule has 0 aliphatic carbocycles. The van der Waals surface area contributed by atoms with E-state index in [1.807, 2.05) is 63.4 Å². The highest BCUT2D eigenvalue weighted by atomic mass is 16.7. The third kappa shape index (κ3) is 2.25. The minimum absolute atomic E-state index is 0.383. The van der Waals surface area contributed by atoms with Crippen molar-refractivity contribution in [2.75, 3.05) is 0 Å². The van der Waals surface area contributed by atoms with E-state index in [2.05, 4.69) is 15.4 Å². The summed E-state index contributed by atoms with van der Waals surface area (Å²) in [6.07, 6.45) is 1.93. The minimum atomic E-state index is -0.436. The molecule has 4 rings (SSSR count). The lowest BCUT2D eigenvalue weighted by atomic mass is 9.80. The average Bonchev–Trinajstić information content (AvgIpc) is 3.15. The van der Waals surface area contributed by atoms with E-state index >= 15 is 0 Å². The van der Waals surface area contributed by atoms with E-state index in [1.165, 1.54) is 0 Å². The van der Waals surface area contributed by atoms with Crippen LogP contribution < -0.4 is 5.46 Å². The van der Waals surface area contributed by atoms with E-state index in [4.69, 9.17) is 13.8 Å². The van der Waals surface area contributed by atoms with Crippen molar-refractivity contribution in [2.45, 2.75) is 45.8 Å². The van der Waals surface area contributed by atoms with E-state index in [1.54, 1.807) is 0 Å². The number of hydrogen-bond acceptors (Lipinski definition) is 6. The molecule has 0 bridgehead atoms. The predicted molar refractivity (Wildman–Crippen MR) is 88.9 cm³/mol. The zero-order valence-electron chi connectivity index (χ0n) is 14.4. The summed E-state index contributed by atoms with van der Waals surface area (Å²) in [5.74, 6) is 1.35. The molecule has 0 aromatic carbocycles. The SMILES string of the molecule is Cc1cc(-c2nnc3ccc(B4OC(C)(C)C(C)(C)O4)cn23)no1. The lowest BCUT2D eigenvalue weighted by Crippen LogP contribution is -2.41. The van der Waals surface area contributed by atoms with Crippen molar-refractivity contribution in [1.29, 1.82) is 0 Å². The van der Waals surface area contributed by atoms with Crippen molar-refractivity contribution in [3.63, 3.8) is 0 Å². The summed E-state index contributed by atoms with van der Waals surface area (Å²) >= 11 is 0. The standard InChI is InChI=1S/C16H19BN4O3/c1-10-8-12(20-22-10)14-19-18-13-7-6-11(9-21(13)14)17-23-15(2,3)16(4,5)24-17/h6-9H,1-5H3. The maximum atomic E-state index is 6.11. The smallest absolute Gasteiger partial charge is 0.399 e. The first kappa shape index (κ1) is 15.3. The van der Waals surface area contributed by atoms with Crippen LogP contribution in [-0.2, 0) is 9.31 Å². The lowest BCUT2D eigenvalue weighted by Gasteiger charge is -2.32. The van der Waals surface area contributed by atoms with Crippen LogP contribution in [0.1, 0.15) is 33.5 Å². The number of nitrogens with zero attached hydrogens (tertiary/aromatic N) is 4. The molecule has 1 saturated heterocycles. The number of aromatic nitrogens is 4. The van der Waals surface area contributed by atoms with Crippen molar-refractivity contribution in [1.82, 2.24) is 19.8 Å². The van der Waals surface area contributed by atoms with Gasteiger partial charge in [0.05, 0.1) is 11.2 Å². The molecule has 1 aliphatic rings. The zero-order valence-corrected chi connectivity index (χ0v) is 14.4. The molecule has 0 atom stereocenters. The van der Waals surface area contributed by atoms with E-state index in [0.29, 0.717) is 11.5 Å². The minimum Gasteiger partial charge on any atom is -0.399 e. The van der Waals surface area contributed by atoms with Gasteiger partial charge in [0.25, 0.3) is 0 Å². The molecular weight excluding hydrogens is 307 g/mol. The normalized spacial score (nSPS) is 19.3. The topological polar surface area (TPSA) is 74.7 Å². The van der Waals surface area contributed by atoms with Gasteiger partial charge >= 0.3 is 7.12 Å². The summed E-state index contributed by atoms with van der Waals surface area (Å²) in [6.45, 7) is 9.99. The van der Waals surface area contributed by atoms with Gasteiger partial charge < -0.3 is 13.8 Å². The zero-order chi connectivity index (χ0) is 17.1. The first-order valence-electron chi connectivity index (χ1n) is 7.91. The molecule has 1 fully saturated rings. The fourth-order valence-corrected chi connectivity index (χ4v) is 2.67. The van der Waals surface area contributed by atoms with E-state index in [-0.39, 0.29) is 11.2 Å². The second-order valence-electron chi connectivity index (χ2n) is 7.13. The maximum absolute atomic E-state index is 6.11. The molecule has 0 N–H and O–H groups in total. The highest BCUT2D eigenvalue weighted by Gasteiger charge is 2.51. The van der Waals surface area contributed by atoms with Crippen LogP contribution in [0.3, 0.4) is 0 Å². The molecule has 24 heavy (non-hydrogen) atoms. The summed E-state index contributed by atoms with van der Waals surface area (Å²) in [5.41, 5.74) is 1.51. The maximum Gasteiger partial charge on any atom is 0.496 e. The Balaban J connectivity index is 1.76. The Hall–Kier alpha value is -2.19.